The summed E-state index contributed by atoms with van der Waals surface area (Å²) in [7, 11) is 2.19. The minimum absolute atomic E-state index is 0.178. The number of H-pyrrole nitrogens is 1. The molecule has 3 heterocycles. The van der Waals surface area contributed by atoms with Gasteiger partial charge in [-0.2, -0.15) is 0 Å². The zero-order valence-corrected chi connectivity index (χ0v) is 14.6. The van der Waals surface area contributed by atoms with Crippen molar-refractivity contribution in [2.24, 2.45) is 0 Å². The molecule has 0 unspecified atom stereocenters. The van der Waals surface area contributed by atoms with Crippen molar-refractivity contribution in [2.75, 3.05) is 33.2 Å². The Morgan fingerprint density at radius 3 is 2.80 bits per heavy atom. The van der Waals surface area contributed by atoms with Crippen molar-refractivity contribution in [3.05, 3.63) is 48.2 Å². The molecule has 1 fully saturated rings. The van der Waals surface area contributed by atoms with Crippen molar-refractivity contribution in [3.63, 3.8) is 0 Å². The van der Waals surface area contributed by atoms with E-state index in [9.17, 15) is 5.11 Å². The molecule has 1 aromatic carbocycles. The minimum Gasteiger partial charge on any atom is -0.494 e. The van der Waals surface area contributed by atoms with Gasteiger partial charge in [0.15, 0.2) is 5.88 Å². The first-order chi connectivity index (χ1) is 12.2. The quantitative estimate of drug-likeness (QED) is 0.772. The molecule has 4 rings (SSSR count). The molecule has 0 saturated carbocycles. The fourth-order valence-electron chi connectivity index (χ4n) is 3.57. The normalized spacial score (nSPS) is 17.0. The zero-order chi connectivity index (χ0) is 17.2. The van der Waals surface area contributed by atoms with E-state index in [1.165, 1.54) is 18.5 Å². The molecule has 0 amide bonds. The summed E-state index contributed by atoms with van der Waals surface area (Å²) in [4.78, 5) is 12.5. The molecule has 0 spiro atoms. The molecular weight excluding hydrogens is 312 g/mol. The Kier molecular flexibility index (Phi) is 4.42. The number of aromatic nitrogens is 2. The Labute approximate surface area is 147 Å². The van der Waals surface area contributed by atoms with Gasteiger partial charge in [0.1, 0.15) is 0 Å². The van der Waals surface area contributed by atoms with Crippen LogP contribution < -0.4 is 0 Å². The number of aromatic amines is 1. The summed E-state index contributed by atoms with van der Waals surface area (Å²) in [6, 6.07) is 12.0. The topological polar surface area (TPSA) is 55.4 Å². The van der Waals surface area contributed by atoms with Crippen LogP contribution in [0.2, 0.25) is 0 Å². The van der Waals surface area contributed by atoms with Crippen LogP contribution in [0.1, 0.15) is 12.0 Å². The second-order valence-corrected chi connectivity index (χ2v) is 6.88. The first-order valence-electron chi connectivity index (χ1n) is 8.86. The van der Waals surface area contributed by atoms with Crippen molar-refractivity contribution < 1.29 is 5.11 Å². The average molecular weight is 336 g/mol. The third kappa shape index (κ3) is 3.38. The summed E-state index contributed by atoms with van der Waals surface area (Å²) in [6.07, 6.45) is 3.15. The number of hydrogen-bond acceptors (Lipinski definition) is 4. The van der Waals surface area contributed by atoms with Gasteiger partial charge in [0.2, 0.25) is 0 Å². The van der Waals surface area contributed by atoms with Crippen LogP contribution in [0.5, 0.6) is 5.88 Å². The Hall–Kier alpha value is -2.37. The average Bonchev–Trinajstić information content (AvgIpc) is 2.82. The summed E-state index contributed by atoms with van der Waals surface area (Å²) < 4.78 is 0. The van der Waals surface area contributed by atoms with Gasteiger partial charge in [-0.25, -0.2) is 0 Å². The van der Waals surface area contributed by atoms with Crippen LogP contribution in [0.15, 0.2) is 42.6 Å². The molecule has 2 N–H and O–H groups in total. The van der Waals surface area contributed by atoms with Crippen LogP contribution in [-0.2, 0) is 6.54 Å². The van der Waals surface area contributed by atoms with Gasteiger partial charge >= 0.3 is 0 Å². The van der Waals surface area contributed by atoms with E-state index in [-0.39, 0.29) is 5.88 Å². The molecule has 5 heteroatoms. The summed E-state index contributed by atoms with van der Waals surface area (Å²) in [5.74, 6) is 0.178. The molecule has 3 aromatic rings. The predicted molar refractivity (Wildman–Crippen MR) is 101 cm³/mol. The van der Waals surface area contributed by atoms with Crippen LogP contribution in [0.3, 0.4) is 0 Å². The standard InChI is InChI=1S/C20H24N4O/c1-23-9-4-10-24(12-11-23)14-15-7-8-18(21-13-15)19-16-5-2-3-6-17(16)22-20(19)25/h2-3,5-8,13,22,25H,4,9-12,14H2,1H3. The first-order valence-corrected chi connectivity index (χ1v) is 8.86. The fourth-order valence-corrected chi connectivity index (χ4v) is 3.57. The van der Waals surface area contributed by atoms with Gasteiger partial charge in [-0.15, -0.1) is 0 Å². The molecule has 1 aliphatic heterocycles. The largest absolute Gasteiger partial charge is 0.494 e. The van der Waals surface area contributed by atoms with E-state index in [0.717, 1.165) is 48.3 Å². The SMILES string of the molecule is CN1CCCN(Cc2ccc(-c3c(O)[nH]c4ccccc34)nc2)CC1. The van der Waals surface area contributed by atoms with Crippen LogP contribution in [0.25, 0.3) is 22.2 Å². The summed E-state index contributed by atoms with van der Waals surface area (Å²) in [5.41, 5.74) is 3.72. The lowest BCUT2D eigenvalue weighted by molar-refractivity contribution is 0.269. The smallest absolute Gasteiger partial charge is 0.199 e. The molecule has 0 radical (unpaired) electrons. The van der Waals surface area contributed by atoms with E-state index in [2.05, 4.69) is 32.9 Å². The van der Waals surface area contributed by atoms with Crippen molar-refractivity contribution in [2.45, 2.75) is 13.0 Å². The minimum atomic E-state index is 0.178. The Morgan fingerprint density at radius 1 is 1.08 bits per heavy atom. The Bertz CT molecular complexity index is 856. The molecular formula is C20H24N4O. The van der Waals surface area contributed by atoms with Gasteiger partial charge in [0, 0.05) is 36.7 Å². The van der Waals surface area contributed by atoms with Gasteiger partial charge in [-0.3, -0.25) is 9.88 Å². The van der Waals surface area contributed by atoms with Crippen molar-refractivity contribution in [3.8, 4) is 17.1 Å². The molecule has 0 atom stereocenters. The third-order valence-electron chi connectivity index (χ3n) is 4.99. The molecule has 1 aliphatic rings. The van der Waals surface area contributed by atoms with Crippen molar-refractivity contribution in [1.29, 1.82) is 0 Å². The van der Waals surface area contributed by atoms with Crippen molar-refractivity contribution in [1.82, 2.24) is 19.8 Å². The molecule has 25 heavy (non-hydrogen) atoms. The number of pyridine rings is 1. The van der Waals surface area contributed by atoms with Crippen LogP contribution >= 0.6 is 0 Å². The Morgan fingerprint density at radius 2 is 1.96 bits per heavy atom. The number of nitrogens with one attached hydrogen (secondary N) is 1. The molecule has 5 nitrogen and oxygen atoms in total. The van der Waals surface area contributed by atoms with Gasteiger partial charge in [0.05, 0.1) is 11.3 Å². The predicted octanol–water partition coefficient (Wildman–Crippen LogP) is 3.07. The summed E-state index contributed by atoms with van der Waals surface area (Å²) in [6.45, 7) is 5.46. The van der Waals surface area contributed by atoms with E-state index in [1.807, 2.05) is 36.5 Å². The van der Waals surface area contributed by atoms with Gasteiger partial charge in [-0.1, -0.05) is 24.3 Å². The van der Waals surface area contributed by atoms with Gasteiger partial charge in [0.25, 0.3) is 0 Å². The Balaban J connectivity index is 1.54. The number of rotatable bonds is 3. The third-order valence-corrected chi connectivity index (χ3v) is 4.99. The highest BCUT2D eigenvalue weighted by atomic mass is 16.3. The van der Waals surface area contributed by atoms with Crippen molar-refractivity contribution >= 4 is 10.9 Å². The summed E-state index contributed by atoms with van der Waals surface area (Å²) in [5, 5.41) is 11.3. The maximum absolute atomic E-state index is 10.3. The molecule has 1 saturated heterocycles. The lowest BCUT2D eigenvalue weighted by Gasteiger charge is -2.20. The highest BCUT2D eigenvalue weighted by molar-refractivity contribution is 5.97. The van der Waals surface area contributed by atoms with E-state index in [4.69, 9.17) is 0 Å². The zero-order valence-electron chi connectivity index (χ0n) is 14.6. The fraction of sp³-hybridized carbons (Fsp3) is 0.350. The number of nitrogens with zero attached hydrogens (tertiary/aromatic N) is 3. The maximum Gasteiger partial charge on any atom is 0.199 e. The summed E-state index contributed by atoms with van der Waals surface area (Å²) >= 11 is 0. The van der Waals surface area contributed by atoms with Crippen LogP contribution in [0.4, 0.5) is 0 Å². The number of hydrogen-bond donors (Lipinski definition) is 2. The van der Waals surface area contributed by atoms with Gasteiger partial charge in [-0.05, 0) is 44.3 Å². The second kappa shape index (κ2) is 6.86. The molecule has 2 aromatic heterocycles. The number of aromatic hydroxyl groups is 1. The van der Waals surface area contributed by atoms with E-state index < -0.39 is 0 Å². The number of fused-ring (bicyclic) bond motifs is 1. The van der Waals surface area contributed by atoms with E-state index in [0.29, 0.717) is 0 Å². The van der Waals surface area contributed by atoms with Crippen LogP contribution in [0, 0.1) is 0 Å². The van der Waals surface area contributed by atoms with E-state index >= 15 is 0 Å². The lowest BCUT2D eigenvalue weighted by atomic mass is 10.1. The number of benzene rings is 1. The van der Waals surface area contributed by atoms with Gasteiger partial charge < -0.3 is 15.0 Å². The first kappa shape index (κ1) is 16.1. The van der Waals surface area contributed by atoms with E-state index in [1.54, 1.807) is 0 Å². The number of para-hydroxylation sites is 1. The highest BCUT2D eigenvalue weighted by Gasteiger charge is 2.15. The molecule has 0 bridgehead atoms. The molecule has 130 valence electrons. The number of likely N-dealkylation sites (N-methyl/N-ethyl adjacent to an activating group) is 1. The maximum atomic E-state index is 10.3. The van der Waals surface area contributed by atoms with Crippen LogP contribution in [-0.4, -0.2) is 58.1 Å². The lowest BCUT2D eigenvalue weighted by Crippen LogP contribution is -2.28. The monoisotopic (exact) mass is 336 g/mol. The second-order valence-electron chi connectivity index (χ2n) is 6.88. The molecule has 0 aliphatic carbocycles. The highest BCUT2D eigenvalue weighted by Crippen LogP contribution is 2.35.